The van der Waals surface area contributed by atoms with Crippen molar-refractivity contribution < 1.29 is 9.53 Å². The molecule has 0 N–H and O–H groups in total. The Hall–Kier alpha value is -2.04. The number of carbonyl (C=O) groups excluding carboxylic acids is 1. The largest absolute Gasteiger partial charge is 0.496 e. The molecule has 1 amide bonds. The standard InChI is InChI=1S/C20H23ClN2O2/c1-15-17(7-5-9-19(15)25-2)20(24)23-12-10-22(11-13-23)14-16-6-3-4-8-18(16)21/h3-9H,10-14H2,1-2H3. The lowest BCUT2D eigenvalue weighted by Gasteiger charge is -2.35. The number of rotatable bonds is 4. The molecule has 0 spiro atoms. The first-order valence-electron chi connectivity index (χ1n) is 8.49. The van der Waals surface area contributed by atoms with E-state index in [0.717, 1.165) is 60.2 Å². The molecule has 0 atom stereocenters. The summed E-state index contributed by atoms with van der Waals surface area (Å²) >= 11 is 6.25. The summed E-state index contributed by atoms with van der Waals surface area (Å²) in [6.07, 6.45) is 0. The SMILES string of the molecule is COc1cccc(C(=O)N2CCN(Cc3ccccc3Cl)CC2)c1C. The van der Waals surface area contributed by atoms with Crippen molar-refractivity contribution in [3.05, 3.63) is 64.2 Å². The maximum atomic E-state index is 12.8. The van der Waals surface area contributed by atoms with Crippen LogP contribution < -0.4 is 4.74 Å². The van der Waals surface area contributed by atoms with Crippen LogP contribution in [0.5, 0.6) is 5.75 Å². The van der Waals surface area contributed by atoms with E-state index in [4.69, 9.17) is 16.3 Å². The van der Waals surface area contributed by atoms with Gasteiger partial charge in [-0.3, -0.25) is 9.69 Å². The van der Waals surface area contributed by atoms with Gasteiger partial charge in [-0.15, -0.1) is 0 Å². The quantitative estimate of drug-likeness (QED) is 0.837. The van der Waals surface area contributed by atoms with Crippen molar-refractivity contribution >= 4 is 17.5 Å². The summed E-state index contributed by atoms with van der Waals surface area (Å²) in [5, 5.41) is 0.799. The maximum absolute atomic E-state index is 12.8. The first kappa shape index (κ1) is 17.8. The van der Waals surface area contributed by atoms with E-state index in [0.29, 0.717) is 0 Å². The Morgan fingerprint density at radius 2 is 1.80 bits per heavy atom. The number of hydrogen-bond acceptors (Lipinski definition) is 3. The minimum Gasteiger partial charge on any atom is -0.496 e. The van der Waals surface area contributed by atoms with E-state index < -0.39 is 0 Å². The Morgan fingerprint density at radius 1 is 1.08 bits per heavy atom. The van der Waals surface area contributed by atoms with E-state index in [-0.39, 0.29) is 5.91 Å². The minimum absolute atomic E-state index is 0.0776. The van der Waals surface area contributed by atoms with E-state index in [1.54, 1.807) is 7.11 Å². The molecule has 0 aliphatic carbocycles. The van der Waals surface area contributed by atoms with Gasteiger partial charge in [0.05, 0.1) is 7.11 Å². The van der Waals surface area contributed by atoms with Gasteiger partial charge in [-0.2, -0.15) is 0 Å². The second-order valence-corrected chi connectivity index (χ2v) is 6.70. The molecule has 0 unspecified atom stereocenters. The smallest absolute Gasteiger partial charge is 0.254 e. The summed E-state index contributed by atoms with van der Waals surface area (Å²) in [7, 11) is 1.63. The second kappa shape index (κ2) is 7.89. The molecule has 1 fully saturated rings. The molecule has 1 saturated heterocycles. The zero-order valence-electron chi connectivity index (χ0n) is 14.7. The molecule has 3 rings (SSSR count). The molecule has 2 aromatic carbocycles. The van der Waals surface area contributed by atoms with Crippen LogP contribution in [0.15, 0.2) is 42.5 Å². The highest BCUT2D eigenvalue weighted by atomic mass is 35.5. The van der Waals surface area contributed by atoms with Crippen LogP contribution in [0.1, 0.15) is 21.5 Å². The van der Waals surface area contributed by atoms with Crippen LogP contribution in [-0.2, 0) is 6.54 Å². The fraction of sp³-hybridized carbons (Fsp3) is 0.350. The molecule has 1 aliphatic heterocycles. The van der Waals surface area contributed by atoms with Crippen LogP contribution in [0.3, 0.4) is 0 Å². The maximum Gasteiger partial charge on any atom is 0.254 e. The van der Waals surface area contributed by atoms with E-state index in [9.17, 15) is 4.79 Å². The highest BCUT2D eigenvalue weighted by Gasteiger charge is 2.24. The zero-order chi connectivity index (χ0) is 17.8. The number of amides is 1. The van der Waals surface area contributed by atoms with Crippen LogP contribution in [0, 0.1) is 6.92 Å². The lowest BCUT2D eigenvalue weighted by molar-refractivity contribution is 0.0627. The van der Waals surface area contributed by atoms with Crippen molar-refractivity contribution in [2.75, 3.05) is 33.3 Å². The highest BCUT2D eigenvalue weighted by molar-refractivity contribution is 6.31. The molecule has 5 heteroatoms. The fourth-order valence-corrected chi connectivity index (χ4v) is 3.41. The molecule has 0 aromatic heterocycles. The van der Waals surface area contributed by atoms with Crippen LogP contribution >= 0.6 is 11.6 Å². The molecule has 2 aromatic rings. The molecule has 1 heterocycles. The first-order chi connectivity index (χ1) is 12.1. The predicted molar refractivity (Wildman–Crippen MR) is 100 cm³/mol. The summed E-state index contributed by atoms with van der Waals surface area (Å²) in [5.41, 5.74) is 2.75. The number of hydrogen-bond donors (Lipinski definition) is 0. The highest BCUT2D eigenvalue weighted by Crippen LogP contribution is 2.23. The first-order valence-corrected chi connectivity index (χ1v) is 8.86. The third-order valence-electron chi connectivity index (χ3n) is 4.75. The van der Waals surface area contributed by atoms with Gasteiger partial charge in [0, 0.05) is 48.9 Å². The van der Waals surface area contributed by atoms with Gasteiger partial charge < -0.3 is 9.64 Å². The Kier molecular flexibility index (Phi) is 5.61. The number of carbonyl (C=O) groups is 1. The molecule has 0 saturated carbocycles. The van der Waals surface area contributed by atoms with Gasteiger partial charge >= 0.3 is 0 Å². The number of methoxy groups -OCH3 is 1. The van der Waals surface area contributed by atoms with Crippen LogP contribution in [0.25, 0.3) is 0 Å². The number of piperazine rings is 1. The van der Waals surface area contributed by atoms with Crippen molar-refractivity contribution in [3.8, 4) is 5.75 Å². The zero-order valence-corrected chi connectivity index (χ0v) is 15.4. The van der Waals surface area contributed by atoms with E-state index >= 15 is 0 Å². The number of ether oxygens (including phenoxy) is 1. The van der Waals surface area contributed by atoms with Gasteiger partial charge in [0.15, 0.2) is 0 Å². The molecule has 0 radical (unpaired) electrons. The van der Waals surface area contributed by atoms with Crippen molar-refractivity contribution in [1.29, 1.82) is 0 Å². The van der Waals surface area contributed by atoms with Crippen LogP contribution in [-0.4, -0.2) is 49.0 Å². The van der Waals surface area contributed by atoms with Crippen molar-refractivity contribution in [3.63, 3.8) is 0 Å². The average Bonchev–Trinajstić information content (AvgIpc) is 2.64. The lowest BCUT2D eigenvalue weighted by Crippen LogP contribution is -2.48. The van der Waals surface area contributed by atoms with Gasteiger partial charge in [-0.1, -0.05) is 35.9 Å². The van der Waals surface area contributed by atoms with Gasteiger partial charge in [0.25, 0.3) is 5.91 Å². The normalized spacial score (nSPS) is 15.2. The molecule has 1 aliphatic rings. The third-order valence-corrected chi connectivity index (χ3v) is 5.11. The Balaban J connectivity index is 1.62. The number of nitrogens with zero attached hydrogens (tertiary/aromatic N) is 2. The summed E-state index contributed by atoms with van der Waals surface area (Å²) in [6, 6.07) is 13.5. The summed E-state index contributed by atoms with van der Waals surface area (Å²) in [6.45, 7) is 5.89. The average molecular weight is 359 g/mol. The van der Waals surface area contributed by atoms with Gasteiger partial charge in [-0.25, -0.2) is 0 Å². The molecule has 0 bridgehead atoms. The van der Waals surface area contributed by atoms with Crippen molar-refractivity contribution in [2.24, 2.45) is 0 Å². The van der Waals surface area contributed by atoms with E-state index in [1.807, 2.05) is 48.2 Å². The van der Waals surface area contributed by atoms with E-state index in [2.05, 4.69) is 11.0 Å². The third kappa shape index (κ3) is 3.97. The molecular weight excluding hydrogens is 336 g/mol. The monoisotopic (exact) mass is 358 g/mol. The molecule has 4 nitrogen and oxygen atoms in total. The second-order valence-electron chi connectivity index (χ2n) is 6.29. The Bertz CT molecular complexity index is 755. The topological polar surface area (TPSA) is 32.8 Å². The van der Waals surface area contributed by atoms with Gasteiger partial charge in [0.2, 0.25) is 0 Å². The Labute approximate surface area is 154 Å². The molecule has 25 heavy (non-hydrogen) atoms. The minimum atomic E-state index is 0.0776. The van der Waals surface area contributed by atoms with Crippen LogP contribution in [0.2, 0.25) is 5.02 Å². The summed E-state index contributed by atoms with van der Waals surface area (Å²) < 4.78 is 5.33. The lowest BCUT2D eigenvalue weighted by atomic mass is 10.1. The number of halogens is 1. The van der Waals surface area contributed by atoms with Gasteiger partial charge in [0.1, 0.15) is 5.75 Å². The van der Waals surface area contributed by atoms with Crippen molar-refractivity contribution in [2.45, 2.75) is 13.5 Å². The Morgan fingerprint density at radius 3 is 2.48 bits per heavy atom. The molecular formula is C20H23ClN2O2. The number of benzene rings is 2. The van der Waals surface area contributed by atoms with Gasteiger partial charge in [-0.05, 0) is 30.7 Å². The summed E-state index contributed by atoms with van der Waals surface area (Å²) in [5.74, 6) is 0.831. The predicted octanol–water partition coefficient (Wildman–Crippen LogP) is 3.62. The fourth-order valence-electron chi connectivity index (χ4n) is 3.21. The van der Waals surface area contributed by atoms with Crippen LogP contribution in [0.4, 0.5) is 0 Å². The molecule has 132 valence electrons. The summed E-state index contributed by atoms with van der Waals surface area (Å²) in [4.78, 5) is 17.1. The van der Waals surface area contributed by atoms with Crippen molar-refractivity contribution in [1.82, 2.24) is 9.80 Å². The van der Waals surface area contributed by atoms with E-state index in [1.165, 1.54) is 0 Å².